The molecule has 0 aliphatic rings. The van der Waals surface area contributed by atoms with E-state index in [1.54, 1.807) is 0 Å². The van der Waals surface area contributed by atoms with Crippen LogP contribution < -0.4 is 4.74 Å². The second kappa shape index (κ2) is 5.54. The number of nitrogens with zero attached hydrogens (tertiary/aromatic N) is 1. The molecular formula is C15H26NO+. The Bertz CT molecular complexity index is 364. The zero-order chi connectivity index (χ0) is 13.1. The molecule has 0 atom stereocenters. The smallest absolute Gasteiger partial charge is 0.137 e. The SMILES string of the molecule is Cc1ccc(C(C)C)c(OCC[N+](C)(C)C)c1. The minimum absolute atomic E-state index is 0.509. The summed E-state index contributed by atoms with van der Waals surface area (Å²) in [4.78, 5) is 0. The molecule has 0 N–H and O–H groups in total. The Kier molecular flexibility index (Phi) is 4.58. The summed E-state index contributed by atoms with van der Waals surface area (Å²) in [7, 11) is 6.55. The lowest BCUT2D eigenvalue weighted by molar-refractivity contribution is -0.870. The van der Waals surface area contributed by atoms with Crippen LogP contribution >= 0.6 is 0 Å². The van der Waals surface area contributed by atoms with Crippen molar-refractivity contribution in [2.75, 3.05) is 34.3 Å². The third-order valence-electron chi connectivity index (χ3n) is 2.81. The molecule has 1 aromatic carbocycles. The van der Waals surface area contributed by atoms with Crippen LogP contribution in [-0.4, -0.2) is 38.8 Å². The monoisotopic (exact) mass is 236 g/mol. The van der Waals surface area contributed by atoms with Gasteiger partial charge in [0, 0.05) is 0 Å². The maximum absolute atomic E-state index is 5.94. The van der Waals surface area contributed by atoms with Crippen LogP contribution in [0.2, 0.25) is 0 Å². The van der Waals surface area contributed by atoms with Gasteiger partial charge in [-0.15, -0.1) is 0 Å². The number of hydrogen-bond acceptors (Lipinski definition) is 1. The van der Waals surface area contributed by atoms with Crippen LogP contribution in [0.3, 0.4) is 0 Å². The van der Waals surface area contributed by atoms with Gasteiger partial charge in [0.1, 0.15) is 18.9 Å². The molecule has 0 aromatic heterocycles. The van der Waals surface area contributed by atoms with Crippen LogP contribution in [-0.2, 0) is 0 Å². The predicted octanol–water partition coefficient (Wildman–Crippen LogP) is 3.20. The van der Waals surface area contributed by atoms with Gasteiger partial charge in [-0.2, -0.15) is 0 Å². The van der Waals surface area contributed by atoms with Crippen molar-refractivity contribution in [3.05, 3.63) is 29.3 Å². The van der Waals surface area contributed by atoms with Crippen molar-refractivity contribution in [3.63, 3.8) is 0 Å². The van der Waals surface area contributed by atoms with Crippen molar-refractivity contribution < 1.29 is 9.22 Å². The van der Waals surface area contributed by atoms with E-state index in [9.17, 15) is 0 Å². The molecule has 0 fully saturated rings. The fraction of sp³-hybridized carbons (Fsp3) is 0.600. The fourth-order valence-corrected chi connectivity index (χ4v) is 1.67. The number of aryl methyl sites for hydroxylation is 1. The molecule has 0 heterocycles. The summed E-state index contributed by atoms with van der Waals surface area (Å²) in [5, 5.41) is 0. The highest BCUT2D eigenvalue weighted by Gasteiger charge is 2.10. The van der Waals surface area contributed by atoms with Crippen molar-refractivity contribution in [1.82, 2.24) is 0 Å². The predicted molar refractivity (Wildman–Crippen MR) is 73.7 cm³/mol. The number of hydrogen-bond donors (Lipinski definition) is 0. The van der Waals surface area contributed by atoms with Gasteiger partial charge < -0.3 is 9.22 Å². The number of quaternary nitrogens is 1. The molecule has 0 aliphatic carbocycles. The molecule has 0 saturated heterocycles. The second-order valence-corrected chi connectivity index (χ2v) is 6.06. The molecule has 17 heavy (non-hydrogen) atoms. The summed E-state index contributed by atoms with van der Waals surface area (Å²) in [6, 6.07) is 6.48. The molecule has 0 aliphatic heterocycles. The molecule has 2 heteroatoms. The Morgan fingerprint density at radius 3 is 2.35 bits per heavy atom. The van der Waals surface area contributed by atoms with Gasteiger partial charge in [0.15, 0.2) is 0 Å². The first kappa shape index (κ1) is 14.0. The first-order valence-electron chi connectivity index (χ1n) is 6.33. The van der Waals surface area contributed by atoms with E-state index in [-0.39, 0.29) is 0 Å². The van der Waals surface area contributed by atoms with Gasteiger partial charge >= 0.3 is 0 Å². The topological polar surface area (TPSA) is 9.23 Å². The summed E-state index contributed by atoms with van der Waals surface area (Å²) < 4.78 is 6.87. The van der Waals surface area contributed by atoms with Gasteiger partial charge in [-0.1, -0.05) is 26.0 Å². The first-order valence-corrected chi connectivity index (χ1v) is 6.33. The summed E-state index contributed by atoms with van der Waals surface area (Å²) in [5.74, 6) is 1.56. The van der Waals surface area contributed by atoms with E-state index in [1.165, 1.54) is 11.1 Å². The van der Waals surface area contributed by atoms with Gasteiger partial charge in [0.05, 0.1) is 21.1 Å². The highest BCUT2D eigenvalue weighted by Crippen LogP contribution is 2.27. The second-order valence-electron chi connectivity index (χ2n) is 6.06. The molecular weight excluding hydrogens is 210 g/mol. The third kappa shape index (κ3) is 4.78. The highest BCUT2D eigenvalue weighted by molar-refractivity contribution is 5.39. The molecule has 1 aromatic rings. The van der Waals surface area contributed by atoms with Gasteiger partial charge in [0.25, 0.3) is 0 Å². The average molecular weight is 236 g/mol. The average Bonchev–Trinajstić information content (AvgIpc) is 2.15. The van der Waals surface area contributed by atoms with Crippen LogP contribution in [0.4, 0.5) is 0 Å². The Balaban J connectivity index is 2.72. The standard InChI is InChI=1S/C15H26NO/c1-12(2)14-8-7-13(3)11-15(14)17-10-9-16(4,5)6/h7-8,11-12H,9-10H2,1-6H3/q+1. The lowest BCUT2D eigenvalue weighted by Gasteiger charge is -2.24. The lowest BCUT2D eigenvalue weighted by Crippen LogP contribution is -2.38. The van der Waals surface area contributed by atoms with Crippen LogP contribution in [0.15, 0.2) is 18.2 Å². The quantitative estimate of drug-likeness (QED) is 0.713. The van der Waals surface area contributed by atoms with E-state index in [4.69, 9.17) is 4.74 Å². The molecule has 0 amide bonds. The van der Waals surface area contributed by atoms with E-state index in [1.807, 2.05) is 0 Å². The molecule has 0 spiro atoms. The zero-order valence-corrected chi connectivity index (χ0v) is 12.1. The molecule has 0 saturated carbocycles. The number of rotatable bonds is 5. The lowest BCUT2D eigenvalue weighted by atomic mass is 10.0. The summed E-state index contributed by atoms with van der Waals surface area (Å²) in [6.45, 7) is 8.31. The van der Waals surface area contributed by atoms with E-state index in [2.05, 4.69) is 60.1 Å². The van der Waals surface area contributed by atoms with Crippen molar-refractivity contribution in [3.8, 4) is 5.75 Å². The van der Waals surface area contributed by atoms with Crippen LogP contribution in [0.25, 0.3) is 0 Å². The maximum Gasteiger partial charge on any atom is 0.137 e. The Hall–Kier alpha value is -1.02. The van der Waals surface area contributed by atoms with E-state index in [0.29, 0.717) is 5.92 Å². The molecule has 0 unspecified atom stereocenters. The van der Waals surface area contributed by atoms with Crippen molar-refractivity contribution >= 4 is 0 Å². The zero-order valence-electron chi connectivity index (χ0n) is 12.1. The number of likely N-dealkylation sites (N-methyl/N-ethyl adjacent to an activating group) is 1. The summed E-state index contributed by atoms with van der Waals surface area (Å²) in [6.07, 6.45) is 0. The van der Waals surface area contributed by atoms with Crippen molar-refractivity contribution in [1.29, 1.82) is 0 Å². The van der Waals surface area contributed by atoms with Crippen LogP contribution in [0, 0.1) is 6.92 Å². The molecule has 2 nitrogen and oxygen atoms in total. The molecule has 1 rings (SSSR count). The largest absolute Gasteiger partial charge is 0.487 e. The Morgan fingerprint density at radius 1 is 1.18 bits per heavy atom. The van der Waals surface area contributed by atoms with Gasteiger partial charge in [-0.3, -0.25) is 0 Å². The van der Waals surface area contributed by atoms with Gasteiger partial charge in [0.2, 0.25) is 0 Å². The maximum atomic E-state index is 5.94. The third-order valence-corrected chi connectivity index (χ3v) is 2.81. The first-order chi connectivity index (χ1) is 7.79. The van der Waals surface area contributed by atoms with E-state index in [0.717, 1.165) is 23.4 Å². The Labute approximate surface area is 106 Å². The number of ether oxygens (including phenoxy) is 1. The number of benzene rings is 1. The van der Waals surface area contributed by atoms with Crippen LogP contribution in [0.1, 0.15) is 30.9 Å². The molecule has 96 valence electrons. The van der Waals surface area contributed by atoms with Gasteiger partial charge in [-0.05, 0) is 30.0 Å². The summed E-state index contributed by atoms with van der Waals surface area (Å²) in [5.41, 5.74) is 2.56. The van der Waals surface area contributed by atoms with E-state index < -0.39 is 0 Å². The van der Waals surface area contributed by atoms with Crippen LogP contribution in [0.5, 0.6) is 5.75 Å². The normalized spacial score (nSPS) is 11.9. The molecule has 0 bridgehead atoms. The minimum atomic E-state index is 0.509. The minimum Gasteiger partial charge on any atom is -0.487 e. The summed E-state index contributed by atoms with van der Waals surface area (Å²) >= 11 is 0. The van der Waals surface area contributed by atoms with Crippen molar-refractivity contribution in [2.45, 2.75) is 26.7 Å². The highest BCUT2D eigenvalue weighted by atomic mass is 16.5. The van der Waals surface area contributed by atoms with Gasteiger partial charge in [-0.25, -0.2) is 0 Å². The Morgan fingerprint density at radius 2 is 1.82 bits per heavy atom. The molecule has 0 radical (unpaired) electrons. The van der Waals surface area contributed by atoms with E-state index >= 15 is 0 Å². The fourth-order valence-electron chi connectivity index (χ4n) is 1.67. The van der Waals surface area contributed by atoms with Crippen molar-refractivity contribution in [2.24, 2.45) is 0 Å².